The van der Waals surface area contributed by atoms with Crippen LogP contribution in [0.25, 0.3) is 0 Å². The molecule has 0 unspecified atom stereocenters. The Balaban J connectivity index is 1.63. The van der Waals surface area contributed by atoms with Crippen LogP contribution < -0.4 is 10.2 Å². The number of nitrogens with zero attached hydrogens (tertiary/aromatic N) is 1. The van der Waals surface area contributed by atoms with Crippen molar-refractivity contribution in [2.45, 2.75) is 25.9 Å². The van der Waals surface area contributed by atoms with Crippen LogP contribution >= 0.6 is 15.9 Å². The van der Waals surface area contributed by atoms with E-state index in [2.05, 4.69) is 26.1 Å². The largest absolute Gasteiger partial charge is 0.381 e. The number of aryl methyl sites for hydroxylation is 1. The fraction of sp³-hybridized carbons (Fsp3) is 0.350. The highest BCUT2D eigenvalue weighted by molar-refractivity contribution is 9.10. The average molecular weight is 403 g/mol. The number of piperidine rings is 1. The van der Waals surface area contributed by atoms with Gasteiger partial charge in [0.15, 0.2) is 0 Å². The summed E-state index contributed by atoms with van der Waals surface area (Å²) >= 11 is 3.47. The van der Waals surface area contributed by atoms with Gasteiger partial charge in [0.05, 0.1) is 6.10 Å². The molecule has 25 heavy (non-hydrogen) atoms. The number of carbonyl (C=O) groups excluding carboxylic acids is 1. The Morgan fingerprint density at radius 1 is 1.16 bits per heavy atom. The third-order valence-corrected chi connectivity index (χ3v) is 5.58. The quantitative estimate of drug-likeness (QED) is 0.810. The van der Waals surface area contributed by atoms with E-state index in [0.29, 0.717) is 11.7 Å². The molecule has 2 aromatic carbocycles. The molecule has 1 fully saturated rings. The SMILES string of the molecule is COC1CCN(c2ccc(C(=O)Nc3ccc(Br)c(C)c3)cc2)CC1. The summed E-state index contributed by atoms with van der Waals surface area (Å²) in [4.78, 5) is 14.8. The summed E-state index contributed by atoms with van der Waals surface area (Å²) in [6.45, 7) is 3.98. The Labute approximate surface area is 157 Å². The van der Waals surface area contributed by atoms with Gasteiger partial charge in [-0.1, -0.05) is 15.9 Å². The zero-order valence-corrected chi connectivity index (χ0v) is 16.2. The van der Waals surface area contributed by atoms with E-state index in [-0.39, 0.29) is 5.91 Å². The van der Waals surface area contributed by atoms with Crippen LogP contribution in [0.1, 0.15) is 28.8 Å². The minimum atomic E-state index is -0.0913. The molecule has 4 nitrogen and oxygen atoms in total. The molecule has 0 aromatic heterocycles. The second-order valence-corrected chi connectivity index (χ2v) is 7.24. The summed E-state index contributed by atoms with van der Waals surface area (Å²) in [6.07, 6.45) is 2.46. The lowest BCUT2D eigenvalue weighted by Crippen LogP contribution is -2.36. The van der Waals surface area contributed by atoms with Crippen molar-refractivity contribution < 1.29 is 9.53 Å². The van der Waals surface area contributed by atoms with Crippen molar-refractivity contribution in [3.8, 4) is 0 Å². The van der Waals surface area contributed by atoms with Crippen molar-refractivity contribution in [2.24, 2.45) is 0 Å². The highest BCUT2D eigenvalue weighted by Crippen LogP contribution is 2.23. The van der Waals surface area contributed by atoms with Gasteiger partial charge < -0.3 is 15.0 Å². The lowest BCUT2D eigenvalue weighted by molar-refractivity contribution is 0.0819. The molecule has 0 atom stereocenters. The van der Waals surface area contributed by atoms with Gasteiger partial charge in [-0.2, -0.15) is 0 Å². The predicted octanol–water partition coefficient (Wildman–Crippen LogP) is 4.63. The summed E-state index contributed by atoms with van der Waals surface area (Å²) in [5.41, 5.74) is 3.71. The van der Waals surface area contributed by atoms with E-state index in [1.54, 1.807) is 7.11 Å². The summed E-state index contributed by atoms with van der Waals surface area (Å²) < 4.78 is 6.45. The molecule has 1 aliphatic heterocycles. The molecule has 2 aromatic rings. The molecule has 1 amide bonds. The number of amides is 1. The second kappa shape index (κ2) is 8.02. The topological polar surface area (TPSA) is 41.6 Å². The first-order chi connectivity index (χ1) is 12.1. The molecule has 1 N–H and O–H groups in total. The number of hydrogen-bond acceptors (Lipinski definition) is 3. The molecule has 0 saturated carbocycles. The number of benzene rings is 2. The molecule has 1 heterocycles. The fourth-order valence-corrected chi connectivity index (χ4v) is 3.35. The van der Waals surface area contributed by atoms with Gasteiger partial charge in [0.2, 0.25) is 0 Å². The lowest BCUT2D eigenvalue weighted by atomic mass is 10.1. The van der Waals surface area contributed by atoms with Crippen molar-refractivity contribution in [3.05, 3.63) is 58.1 Å². The van der Waals surface area contributed by atoms with E-state index >= 15 is 0 Å². The van der Waals surface area contributed by atoms with E-state index in [4.69, 9.17) is 4.74 Å². The van der Waals surface area contributed by atoms with Crippen LogP contribution in [0.5, 0.6) is 0 Å². The van der Waals surface area contributed by atoms with Crippen LogP contribution in [-0.2, 0) is 4.74 Å². The van der Waals surface area contributed by atoms with Gasteiger partial charge in [-0.3, -0.25) is 4.79 Å². The van der Waals surface area contributed by atoms with E-state index in [9.17, 15) is 4.79 Å². The third-order valence-electron chi connectivity index (χ3n) is 4.69. The van der Waals surface area contributed by atoms with Crippen LogP contribution in [0, 0.1) is 6.92 Å². The van der Waals surface area contributed by atoms with Gasteiger partial charge in [0.1, 0.15) is 0 Å². The molecule has 0 spiro atoms. The number of ether oxygens (including phenoxy) is 1. The van der Waals surface area contributed by atoms with Gasteiger partial charge in [-0.15, -0.1) is 0 Å². The van der Waals surface area contributed by atoms with Crippen LogP contribution in [0.3, 0.4) is 0 Å². The fourth-order valence-electron chi connectivity index (χ4n) is 3.10. The van der Waals surface area contributed by atoms with Gasteiger partial charge >= 0.3 is 0 Å². The molecule has 3 rings (SSSR count). The highest BCUT2D eigenvalue weighted by atomic mass is 79.9. The standard InChI is InChI=1S/C20H23BrN2O2/c1-14-13-16(5-8-19(14)21)22-20(24)15-3-6-17(7-4-15)23-11-9-18(25-2)10-12-23/h3-8,13,18H,9-12H2,1-2H3,(H,22,24). The molecule has 1 aliphatic rings. The van der Waals surface area contributed by atoms with Crippen molar-refractivity contribution in [2.75, 3.05) is 30.4 Å². The summed E-state index contributed by atoms with van der Waals surface area (Å²) in [6, 6.07) is 13.6. The normalized spacial score (nSPS) is 15.2. The number of rotatable bonds is 4. The average Bonchev–Trinajstić information content (AvgIpc) is 2.65. The van der Waals surface area contributed by atoms with Crippen molar-refractivity contribution in [1.82, 2.24) is 0 Å². The Kier molecular flexibility index (Phi) is 5.76. The minimum Gasteiger partial charge on any atom is -0.381 e. The predicted molar refractivity (Wildman–Crippen MR) is 106 cm³/mol. The maximum Gasteiger partial charge on any atom is 0.255 e. The first-order valence-corrected chi connectivity index (χ1v) is 9.31. The third kappa shape index (κ3) is 4.41. The number of anilines is 2. The molecule has 0 radical (unpaired) electrons. The summed E-state index contributed by atoms with van der Waals surface area (Å²) in [5, 5.41) is 2.95. The Bertz CT molecular complexity index is 738. The molecule has 0 aliphatic carbocycles. The second-order valence-electron chi connectivity index (χ2n) is 6.39. The first-order valence-electron chi connectivity index (χ1n) is 8.52. The number of carbonyl (C=O) groups is 1. The lowest BCUT2D eigenvalue weighted by Gasteiger charge is -2.33. The van der Waals surface area contributed by atoms with E-state index < -0.39 is 0 Å². The Morgan fingerprint density at radius 3 is 2.44 bits per heavy atom. The van der Waals surface area contributed by atoms with Crippen molar-refractivity contribution >= 4 is 33.2 Å². The number of hydrogen-bond donors (Lipinski definition) is 1. The molecule has 0 bridgehead atoms. The van der Waals surface area contributed by atoms with E-state index in [1.165, 1.54) is 0 Å². The van der Waals surface area contributed by atoms with Crippen molar-refractivity contribution in [1.29, 1.82) is 0 Å². The molecule has 132 valence electrons. The van der Waals surface area contributed by atoms with E-state index in [1.807, 2.05) is 49.4 Å². The van der Waals surface area contributed by atoms with Crippen LogP contribution in [0.15, 0.2) is 46.9 Å². The maximum absolute atomic E-state index is 12.4. The zero-order valence-electron chi connectivity index (χ0n) is 14.6. The van der Waals surface area contributed by atoms with Crippen LogP contribution in [0.4, 0.5) is 11.4 Å². The van der Waals surface area contributed by atoms with Crippen LogP contribution in [-0.4, -0.2) is 32.2 Å². The van der Waals surface area contributed by atoms with Crippen molar-refractivity contribution in [3.63, 3.8) is 0 Å². The first kappa shape index (κ1) is 18.0. The molecular weight excluding hydrogens is 380 g/mol. The molecular formula is C20H23BrN2O2. The minimum absolute atomic E-state index is 0.0913. The van der Waals surface area contributed by atoms with Crippen LogP contribution in [0.2, 0.25) is 0 Å². The monoisotopic (exact) mass is 402 g/mol. The number of nitrogens with one attached hydrogen (secondary N) is 1. The van der Waals surface area contributed by atoms with E-state index in [0.717, 1.165) is 47.3 Å². The van der Waals surface area contributed by atoms with Gasteiger partial charge in [0, 0.05) is 41.6 Å². The van der Waals surface area contributed by atoms with Gasteiger partial charge in [-0.05, 0) is 67.8 Å². The zero-order chi connectivity index (χ0) is 17.8. The summed E-state index contributed by atoms with van der Waals surface area (Å²) in [7, 11) is 1.78. The molecule has 1 saturated heterocycles. The maximum atomic E-state index is 12.4. The Morgan fingerprint density at radius 2 is 1.84 bits per heavy atom. The van der Waals surface area contributed by atoms with Gasteiger partial charge in [0.25, 0.3) is 5.91 Å². The number of halogens is 1. The number of methoxy groups -OCH3 is 1. The van der Waals surface area contributed by atoms with Gasteiger partial charge in [-0.25, -0.2) is 0 Å². The smallest absolute Gasteiger partial charge is 0.255 e. The Hall–Kier alpha value is -1.85. The highest BCUT2D eigenvalue weighted by Gasteiger charge is 2.19. The molecule has 5 heteroatoms. The summed E-state index contributed by atoms with van der Waals surface area (Å²) in [5.74, 6) is -0.0913.